The Labute approximate surface area is 103 Å². The van der Waals surface area contributed by atoms with Crippen molar-refractivity contribution in [3.05, 3.63) is 71.5 Å². The third-order valence-electron chi connectivity index (χ3n) is 3.42. The van der Waals surface area contributed by atoms with Crippen LogP contribution in [-0.2, 0) is 6.16 Å². The maximum Gasteiger partial charge on any atom is 0.106 e. The van der Waals surface area contributed by atoms with Crippen molar-refractivity contribution in [1.29, 1.82) is 0 Å². The van der Waals surface area contributed by atoms with Crippen LogP contribution >= 0.6 is 7.26 Å². The Morgan fingerprint density at radius 3 is 2.41 bits per heavy atom. The first-order valence-corrected chi connectivity index (χ1v) is 8.45. The average Bonchev–Trinajstić information content (AvgIpc) is 2.69. The van der Waals surface area contributed by atoms with Gasteiger partial charge in [0.15, 0.2) is 0 Å². The normalized spacial score (nSPS) is 21.5. The van der Waals surface area contributed by atoms with Gasteiger partial charge in [0, 0.05) is 5.56 Å². The number of hydrogen-bond acceptors (Lipinski definition) is 0. The van der Waals surface area contributed by atoms with Crippen molar-refractivity contribution in [2.45, 2.75) is 6.16 Å². The lowest BCUT2D eigenvalue weighted by Gasteiger charge is -2.16. The van der Waals surface area contributed by atoms with E-state index in [1.807, 2.05) is 0 Å². The van der Waals surface area contributed by atoms with Gasteiger partial charge in [-0.3, -0.25) is 0 Å². The Balaban J connectivity index is 1.97. The van der Waals surface area contributed by atoms with Crippen LogP contribution in [0.15, 0.2) is 60.4 Å². The summed E-state index contributed by atoms with van der Waals surface area (Å²) in [6.07, 6.45) is 3.48. The molecule has 3 rings (SSSR count). The lowest BCUT2D eigenvalue weighted by Crippen LogP contribution is -2.09. The fraction of sp³-hybridized carbons (Fsp3) is 0.125. The highest BCUT2D eigenvalue weighted by Gasteiger charge is 2.37. The smallest absolute Gasteiger partial charge is 0.0622 e. The van der Waals surface area contributed by atoms with Crippen LogP contribution in [0.3, 0.4) is 0 Å². The molecule has 1 heteroatoms. The molecule has 2 aromatic carbocycles. The van der Waals surface area contributed by atoms with Gasteiger partial charge in [0.2, 0.25) is 0 Å². The zero-order valence-corrected chi connectivity index (χ0v) is 10.9. The summed E-state index contributed by atoms with van der Waals surface area (Å²) in [4.78, 5) is 0. The Morgan fingerprint density at radius 1 is 0.882 bits per heavy atom. The molecular weight excluding hydrogens is 223 g/mol. The van der Waals surface area contributed by atoms with Gasteiger partial charge in [-0.25, -0.2) is 0 Å². The third-order valence-corrected chi connectivity index (χ3v) is 6.76. The van der Waals surface area contributed by atoms with Gasteiger partial charge in [0.25, 0.3) is 0 Å². The van der Waals surface area contributed by atoms with Crippen LogP contribution in [0.1, 0.15) is 11.1 Å². The zero-order chi connectivity index (χ0) is 11.7. The van der Waals surface area contributed by atoms with Crippen LogP contribution in [0.4, 0.5) is 0 Å². The van der Waals surface area contributed by atoms with E-state index in [-0.39, 0.29) is 0 Å². The van der Waals surface area contributed by atoms with E-state index in [1.165, 1.54) is 17.3 Å². The maximum atomic E-state index is 2.45. The standard InChI is InChI=1S/C16H16P/c1-17(13-14-7-3-2-4-8-14)12-11-15-9-5-6-10-16(15)17/h2-12H,13H2,1H3/q+1. The Kier molecular flexibility index (Phi) is 2.61. The van der Waals surface area contributed by atoms with Crippen LogP contribution in [0, 0.1) is 0 Å². The number of rotatable bonds is 2. The summed E-state index contributed by atoms with van der Waals surface area (Å²) in [6.45, 7) is 2.43. The van der Waals surface area contributed by atoms with Crippen LogP contribution in [-0.4, -0.2) is 6.66 Å². The van der Waals surface area contributed by atoms with Gasteiger partial charge in [-0.2, -0.15) is 0 Å². The first-order chi connectivity index (χ1) is 8.28. The van der Waals surface area contributed by atoms with Crippen molar-refractivity contribution >= 4 is 18.6 Å². The topological polar surface area (TPSA) is 0 Å². The summed E-state index contributed by atoms with van der Waals surface area (Å²) in [5.74, 6) is 2.45. The molecule has 1 unspecified atom stereocenters. The molecule has 2 aromatic rings. The molecule has 0 amide bonds. The first kappa shape index (κ1) is 10.7. The second-order valence-corrected chi connectivity index (χ2v) is 8.42. The molecule has 1 aliphatic rings. The van der Waals surface area contributed by atoms with Crippen molar-refractivity contribution in [3.63, 3.8) is 0 Å². The zero-order valence-electron chi connectivity index (χ0n) is 10.0. The predicted molar refractivity (Wildman–Crippen MR) is 78.1 cm³/mol. The van der Waals surface area contributed by atoms with Gasteiger partial charge in [0.05, 0.1) is 25.9 Å². The van der Waals surface area contributed by atoms with E-state index in [0.29, 0.717) is 0 Å². The highest BCUT2D eigenvalue weighted by Crippen LogP contribution is 2.62. The number of benzene rings is 2. The molecule has 0 nitrogen and oxygen atoms in total. The molecule has 0 radical (unpaired) electrons. The van der Waals surface area contributed by atoms with Crippen molar-refractivity contribution in [1.82, 2.24) is 0 Å². The van der Waals surface area contributed by atoms with Gasteiger partial charge in [0.1, 0.15) is 5.30 Å². The molecule has 0 N–H and O–H groups in total. The van der Waals surface area contributed by atoms with Crippen molar-refractivity contribution in [2.24, 2.45) is 0 Å². The van der Waals surface area contributed by atoms with Crippen LogP contribution in [0.2, 0.25) is 0 Å². The fourth-order valence-electron chi connectivity index (χ4n) is 2.52. The molecule has 0 fully saturated rings. The van der Waals surface area contributed by atoms with Crippen molar-refractivity contribution < 1.29 is 0 Å². The third kappa shape index (κ3) is 1.94. The summed E-state index contributed by atoms with van der Waals surface area (Å²) >= 11 is 0. The molecule has 0 aliphatic carbocycles. The van der Waals surface area contributed by atoms with E-state index in [9.17, 15) is 0 Å². The van der Waals surface area contributed by atoms with E-state index >= 15 is 0 Å². The van der Waals surface area contributed by atoms with Crippen molar-refractivity contribution in [2.75, 3.05) is 6.66 Å². The van der Waals surface area contributed by atoms with E-state index in [0.717, 1.165) is 0 Å². The van der Waals surface area contributed by atoms with E-state index < -0.39 is 7.26 Å². The monoisotopic (exact) mass is 239 g/mol. The lowest BCUT2D eigenvalue weighted by atomic mass is 10.2. The maximum absolute atomic E-state index is 2.45. The van der Waals surface area contributed by atoms with E-state index in [1.54, 1.807) is 5.30 Å². The quantitative estimate of drug-likeness (QED) is 0.691. The van der Waals surface area contributed by atoms with Gasteiger partial charge < -0.3 is 0 Å². The van der Waals surface area contributed by atoms with Gasteiger partial charge >= 0.3 is 0 Å². The van der Waals surface area contributed by atoms with Crippen LogP contribution in [0.25, 0.3) is 6.08 Å². The van der Waals surface area contributed by atoms with Crippen LogP contribution < -0.4 is 5.30 Å². The van der Waals surface area contributed by atoms with E-state index in [4.69, 9.17) is 0 Å². The summed E-state index contributed by atoms with van der Waals surface area (Å²) in [6, 6.07) is 19.6. The summed E-state index contributed by atoms with van der Waals surface area (Å²) < 4.78 is 0. The lowest BCUT2D eigenvalue weighted by molar-refractivity contribution is 1.39. The Morgan fingerprint density at radius 2 is 1.59 bits per heavy atom. The van der Waals surface area contributed by atoms with Crippen LogP contribution in [0.5, 0.6) is 0 Å². The summed E-state index contributed by atoms with van der Waals surface area (Å²) in [5, 5.41) is 1.56. The summed E-state index contributed by atoms with van der Waals surface area (Å²) in [5.41, 5.74) is 2.86. The fourth-order valence-corrected chi connectivity index (χ4v) is 5.58. The van der Waals surface area contributed by atoms with Gasteiger partial charge in [-0.1, -0.05) is 48.5 Å². The molecule has 0 saturated carbocycles. The first-order valence-electron chi connectivity index (χ1n) is 5.96. The minimum atomic E-state index is -1.11. The molecular formula is C16H16P+. The average molecular weight is 239 g/mol. The van der Waals surface area contributed by atoms with Gasteiger partial charge in [-0.15, -0.1) is 0 Å². The molecule has 1 atom stereocenters. The largest absolute Gasteiger partial charge is 0.106 e. The molecule has 0 saturated heterocycles. The Bertz CT molecular complexity index is 557. The predicted octanol–water partition coefficient (Wildman–Crippen LogP) is 4.14. The highest BCUT2D eigenvalue weighted by molar-refractivity contribution is 7.85. The molecule has 0 bridgehead atoms. The van der Waals surface area contributed by atoms with E-state index in [2.05, 4.69) is 73.2 Å². The number of hydrogen-bond donors (Lipinski definition) is 0. The molecule has 1 aliphatic heterocycles. The molecule has 0 spiro atoms. The highest BCUT2D eigenvalue weighted by atomic mass is 31.2. The summed E-state index contributed by atoms with van der Waals surface area (Å²) in [7, 11) is -1.11. The molecule has 1 heterocycles. The second-order valence-electron chi connectivity index (χ2n) is 4.79. The molecule has 17 heavy (non-hydrogen) atoms. The molecule has 0 aromatic heterocycles. The second kappa shape index (κ2) is 4.13. The number of fused-ring (bicyclic) bond motifs is 1. The Hall–Kier alpha value is -1.39. The SMILES string of the molecule is C[P+]1(Cc2ccccc2)C=Cc2ccccc21. The minimum absolute atomic E-state index is 1.11. The molecule has 84 valence electrons. The minimum Gasteiger partial charge on any atom is -0.0622 e. The van der Waals surface area contributed by atoms with Gasteiger partial charge in [-0.05, 0) is 17.7 Å². The van der Waals surface area contributed by atoms with Crippen molar-refractivity contribution in [3.8, 4) is 0 Å².